The van der Waals surface area contributed by atoms with Crippen molar-refractivity contribution < 1.29 is 59.1 Å². The average Bonchev–Trinajstić information content (AvgIpc) is 2.98. The zero-order chi connectivity index (χ0) is 31.7. The second-order valence-electron chi connectivity index (χ2n) is 7.07. The molecule has 0 aliphatic heterocycles. The third kappa shape index (κ3) is 12.8. The number of thiocarbonyl (C=S) groups is 1. The number of nitriles is 1. The van der Waals surface area contributed by atoms with Gasteiger partial charge in [0, 0.05) is 41.5 Å². The quantitative estimate of drug-likeness (QED) is 0.0893. The summed E-state index contributed by atoms with van der Waals surface area (Å²) in [5.41, 5.74) is 0.974. The monoisotopic (exact) mass is 703 g/mol. The van der Waals surface area contributed by atoms with Crippen LogP contribution in [0.2, 0.25) is 0 Å². The van der Waals surface area contributed by atoms with Crippen molar-refractivity contribution in [1.29, 1.82) is 5.26 Å². The summed E-state index contributed by atoms with van der Waals surface area (Å²) >= 11 is 7.40. The van der Waals surface area contributed by atoms with Gasteiger partial charge in [-0.15, -0.1) is 0 Å². The number of aromatic carboxylic acids is 4. The summed E-state index contributed by atoms with van der Waals surface area (Å²) in [6.07, 6.45) is 5.20. The van der Waals surface area contributed by atoms with Gasteiger partial charge >= 0.3 is 25.4 Å². The van der Waals surface area contributed by atoms with Crippen LogP contribution in [-0.2, 0) is 32.1 Å². The van der Waals surface area contributed by atoms with Crippen molar-refractivity contribution in [3.8, 4) is 28.2 Å². The smallest absolute Gasteiger partial charge is 0.753 e. The van der Waals surface area contributed by atoms with Crippen molar-refractivity contribution in [2.45, 2.75) is 0 Å². The van der Waals surface area contributed by atoms with Crippen molar-refractivity contribution in [2.75, 3.05) is 0 Å². The zero-order valence-corrected chi connectivity index (χ0v) is 24.5. The van der Waals surface area contributed by atoms with Crippen molar-refractivity contribution >= 4 is 53.9 Å². The minimum absolute atomic E-state index is 0. The first-order chi connectivity index (χ1) is 20.0. The van der Waals surface area contributed by atoms with Crippen LogP contribution >= 0.6 is 12.2 Å². The standard InChI is InChI=1S/2C12H8N2O4.CHNS.CNS.Ru/c2*15-11(16)7-1-3-13-9(5-7)10-6-8(12(17)18)2-4-14-10;2*2-1-3;/h2*1-6H,(H,15,16)(H,17,18);3H;;/q;;;-1;+2/p-4. The molecule has 0 saturated heterocycles. The van der Waals surface area contributed by atoms with Gasteiger partial charge in [0.2, 0.25) is 0 Å². The molecule has 4 heterocycles. The van der Waals surface area contributed by atoms with E-state index in [0.717, 1.165) is 0 Å². The van der Waals surface area contributed by atoms with Gasteiger partial charge in [0.25, 0.3) is 0 Å². The van der Waals surface area contributed by atoms with Crippen LogP contribution in [0.15, 0.2) is 73.3 Å². The van der Waals surface area contributed by atoms with Crippen LogP contribution in [0.3, 0.4) is 0 Å². The fourth-order valence-electron chi connectivity index (χ4n) is 2.80. The number of isothiocyanates is 1. The Labute approximate surface area is 266 Å². The number of aromatic nitrogens is 4. The molecule has 0 saturated carbocycles. The minimum atomic E-state index is -1.34. The van der Waals surface area contributed by atoms with E-state index >= 15 is 0 Å². The van der Waals surface area contributed by atoms with Crippen molar-refractivity contribution in [1.82, 2.24) is 19.9 Å². The van der Waals surface area contributed by atoms with Crippen LogP contribution < -0.4 is 15.3 Å². The molecule has 0 spiro atoms. The molecule has 0 aromatic carbocycles. The number of hydrogen-bond acceptors (Lipinski definition) is 14. The van der Waals surface area contributed by atoms with Gasteiger partial charge in [0.1, 0.15) is 0 Å². The van der Waals surface area contributed by atoms with Gasteiger partial charge in [0.15, 0.2) is 0 Å². The molecule has 0 bridgehead atoms. The molecule has 0 fully saturated rings. The third-order valence-corrected chi connectivity index (χ3v) is 4.52. The van der Waals surface area contributed by atoms with E-state index in [2.05, 4.69) is 44.8 Å². The number of carboxylic acids is 4. The van der Waals surface area contributed by atoms with Gasteiger partial charge in [-0.05, 0) is 48.5 Å². The molecule has 0 atom stereocenters. The van der Waals surface area contributed by atoms with E-state index < -0.39 is 23.9 Å². The van der Waals surface area contributed by atoms with Gasteiger partial charge in [0.05, 0.1) is 46.2 Å². The number of carbonyl (C=O) groups excluding carboxylic acids is 3. The van der Waals surface area contributed by atoms with Crippen LogP contribution in [0.1, 0.15) is 41.4 Å². The summed E-state index contributed by atoms with van der Waals surface area (Å²) < 4.78 is 0. The van der Waals surface area contributed by atoms with Crippen LogP contribution in [-0.4, -0.2) is 54.1 Å². The second-order valence-corrected chi connectivity index (χ2v) is 7.43. The molecule has 14 nitrogen and oxygen atoms in total. The van der Waals surface area contributed by atoms with Gasteiger partial charge in [-0.3, -0.25) is 19.9 Å². The molecule has 17 heteroatoms. The van der Waals surface area contributed by atoms with Gasteiger partial charge in [-0.2, -0.15) is 5.16 Å². The largest absolute Gasteiger partial charge is 2.00 e. The van der Waals surface area contributed by atoms with Crippen LogP contribution in [0.4, 0.5) is 0 Å². The molecule has 0 aliphatic rings. The maximum Gasteiger partial charge on any atom is 2.00 e. The third-order valence-electron chi connectivity index (χ3n) is 4.52. The van der Waals surface area contributed by atoms with Crippen LogP contribution in [0.5, 0.6) is 0 Å². The first kappa shape index (κ1) is 37.6. The van der Waals surface area contributed by atoms with Crippen molar-refractivity contribution in [3.05, 3.63) is 101 Å². The molecule has 0 amide bonds. The number of carbonyl (C=O) groups is 4. The first-order valence-electron chi connectivity index (χ1n) is 10.7. The van der Waals surface area contributed by atoms with Gasteiger partial charge < -0.3 is 52.8 Å². The maximum absolute atomic E-state index is 10.8. The summed E-state index contributed by atoms with van der Waals surface area (Å²) in [5.74, 6) is -5.09. The fourth-order valence-corrected chi connectivity index (χ4v) is 2.80. The molecule has 0 radical (unpaired) electrons. The second kappa shape index (κ2) is 19.6. The van der Waals surface area contributed by atoms with Gasteiger partial charge in [-0.1, -0.05) is 17.6 Å². The molecular formula is C26H13N6O8RuS2-3. The molecule has 1 N–H and O–H groups in total. The number of rotatable bonds is 6. The predicted octanol–water partition coefficient (Wildman–Crippen LogP) is -0.254. The molecular weight excluding hydrogens is 690 g/mol. The number of thiocyanates is 1. The van der Waals surface area contributed by atoms with E-state index in [4.69, 9.17) is 15.8 Å². The Morgan fingerprint density at radius 1 is 0.698 bits per heavy atom. The number of pyridine rings is 4. The van der Waals surface area contributed by atoms with E-state index in [9.17, 15) is 34.5 Å². The Morgan fingerprint density at radius 3 is 1.12 bits per heavy atom. The topological polar surface area (TPSA) is 255 Å². The predicted molar refractivity (Wildman–Crippen MR) is 144 cm³/mol. The van der Waals surface area contributed by atoms with Crippen LogP contribution in [0.25, 0.3) is 28.2 Å². The van der Waals surface area contributed by atoms with Crippen molar-refractivity contribution in [3.63, 3.8) is 0 Å². The SMILES string of the molecule is N#C[S-].O=C([O-])c1ccnc(-c2cc(C(=O)O)ccn2)c1.O=C([O-])c1ccnc(-c2cc(C(=O)[O-])ccn2)c1.[N-]=C=S.[Ru+2]. The molecule has 4 aromatic heterocycles. The van der Waals surface area contributed by atoms with Gasteiger partial charge in [-0.25, -0.2) is 10.1 Å². The van der Waals surface area contributed by atoms with Crippen LogP contribution in [0, 0.1) is 10.7 Å². The summed E-state index contributed by atoms with van der Waals surface area (Å²) in [4.78, 5) is 58.7. The molecule has 0 unspecified atom stereocenters. The number of carboxylic acid groups (broad SMARTS) is 4. The summed E-state index contributed by atoms with van der Waals surface area (Å²) in [7, 11) is 0. The van der Waals surface area contributed by atoms with E-state index in [1.165, 1.54) is 83.9 Å². The van der Waals surface area contributed by atoms with E-state index in [1.807, 2.05) is 0 Å². The maximum atomic E-state index is 10.8. The van der Waals surface area contributed by atoms with E-state index in [0.29, 0.717) is 0 Å². The Bertz CT molecular complexity index is 1460. The number of hydrogen-bond donors (Lipinski definition) is 1. The Kier molecular flexibility index (Phi) is 17.2. The summed E-state index contributed by atoms with van der Waals surface area (Å²) in [6.45, 7) is 0. The Balaban J connectivity index is 0.000000680. The summed E-state index contributed by atoms with van der Waals surface area (Å²) in [5, 5.41) is 57.9. The molecule has 0 aliphatic carbocycles. The normalized spacial score (nSPS) is 8.72. The van der Waals surface area contributed by atoms with E-state index in [-0.39, 0.29) is 64.5 Å². The fraction of sp³-hybridized carbons (Fsp3) is 0. The van der Waals surface area contributed by atoms with Crippen molar-refractivity contribution in [2.24, 2.45) is 0 Å². The zero-order valence-electron chi connectivity index (χ0n) is 21.1. The average molecular weight is 703 g/mol. The Hall–Kier alpha value is -5.39. The summed E-state index contributed by atoms with van der Waals surface area (Å²) in [6, 6.07) is 10.3. The molecule has 43 heavy (non-hydrogen) atoms. The molecule has 4 rings (SSSR count). The Morgan fingerprint density at radius 2 is 0.907 bits per heavy atom. The molecule has 4 aromatic rings. The van der Waals surface area contributed by atoms with E-state index in [1.54, 1.807) is 0 Å². The molecule has 218 valence electrons. The number of nitrogens with zero attached hydrogens (tertiary/aromatic N) is 6. The minimum Gasteiger partial charge on any atom is -0.753 e. The first-order valence-corrected chi connectivity index (χ1v) is 11.5.